The maximum Gasteiger partial charge on any atom is 0.135 e. The standard InChI is InChI=1S/C43H33NO/c1-2-9-29(10-3-1)30-18-21-32(22-19-30)44(33-23-24-41-36(26-33)34-11-5-7-16-40(34)45-41)39-15-8-14-38-42(39)35-12-4-6-13-37(35)43(38)27-28-17-20-31(43)25-28/h1-16,18-19,21-24,26,28,31H,17,20,25,27H2. The molecule has 216 valence electrons. The smallest absolute Gasteiger partial charge is 0.135 e. The molecule has 2 heteroatoms. The van der Waals surface area contributed by atoms with Gasteiger partial charge in [0.15, 0.2) is 0 Å². The van der Waals surface area contributed by atoms with Gasteiger partial charge in [-0.25, -0.2) is 0 Å². The third kappa shape index (κ3) is 3.57. The van der Waals surface area contributed by atoms with Crippen LogP contribution in [0.5, 0.6) is 0 Å². The van der Waals surface area contributed by atoms with Crippen LogP contribution < -0.4 is 4.90 Å². The molecule has 3 unspecified atom stereocenters. The molecule has 7 aromatic rings. The van der Waals surface area contributed by atoms with Crippen LogP contribution in [0, 0.1) is 11.8 Å². The Balaban J connectivity index is 1.22. The third-order valence-corrected chi connectivity index (χ3v) is 11.1. The fourth-order valence-corrected chi connectivity index (χ4v) is 9.32. The van der Waals surface area contributed by atoms with Crippen LogP contribution in [0.2, 0.25) is 0 Å². The zero-order valence-corrected chi connectivity index (χ0v) is 25.1. The molecule has 0 aliphatic heterocycles. The normalized spacial score (nSPS) is 21.1. The summed E-state index contributed by atoms with van der Waals surface area (Å²) in [5, 5.41) is 2.30. The number of hydrogen-bond donors (Lipinski definition) is 0. The fraction of sp³-hybridized carbons (Fsp3) is 0.163. The Morgan fingerprint density at radius 3 is 2.16 bits per heavy atom. The van der Waals surface area contributed by atoms with Crippen molar-refractivity contribution in [2.75, 3.05) is 4.90 Å². The van der Waals surface area contributed by atoms with Crippen LogP contribution in [0.3, 0.4) is 0 Å². The number of rotatable bonds is 4. The lowest BCUT2D eigenvalue weighted by molar-refractivity contribution is 0.327. The van der Waals surface area contributed by atoms with Crippen molar-refractivity contribution in [3.05, 3.63) is 151 Å². The van der Waals surface area contributed by atoms with E-state index in [1.807, 2.05) is 6.07 Å². The monoisotopic (exact) mass is 579 g/mol. The summed E-state index contributed by atoms with van der Waals surface area (Å²) in [6.45, 7) is 0. The van der Waals surface area contributed by atoms with E-state index < -0.39 is 0 Å². The maximum absolute atomic E-state index is 6.26. The second-order valence-corrected chi connectivity index (χ2v) is 13.3. The fourth-order valence-electron chi connectivity index (χ4n) is 9.32. The molecule has 1 heterocycles. The molecular formula is C43H33NO. The lowest BCUT2D eigenvalue weighted by atomic mass is 9.67. The van der Waals surface area contributed by atoms with Crippen molar-refractivity contribution in [3.63, 3.8) is 0 Å². The average Bonchev–Trinajstić information content (AvgIpc) is 3.88. The summed E-state index contributed by atoms with van der Waals surface area (Å²) in [7, 11) is 0. The van der Waals surface area contributed by atoms with Gasteiger partial charge < -0.3 is 9.32 Å². The zero-order chi connectivity index (χ0) is 29.5. The van der Waals surface area contributed by atoms with E-state index in [1.165, 1.54) is 59.2 Å². The van der Waals surface area contributed by atoms with Crippen LogP contribution in [0.15, 0.2) is 144 Å². The molecule has 10 rings (SSSR count). The Kier molecular flexibility index (Phi) is 5.31. The van der Waals surface area contributed by atoms with Gasteiger partial charge in [0.2, 0.25) is 0 Å². The minimum Gasteiger partial charge on any atom is -0.456 e. The van der Waals surface area contributed by atoms with Crippen LogP contribution in [0.4, 0.5) is 17.1 Å². The predicted octanol–water partition coefficient (Wildman–Crippen LogP) is 11.8. The first-order chi connectivity index (χ1) is 22.3. The van der Waals surface area contributed by atoms with Gasteiger partial charge in [0.1, 0.15) is 11.2 Å². The van der Waals surface area contributed by atoms with E-state index in [4.69, 9.17) is 4.42 Å². The molecule has 0 amide bonds. The minimum atomic E-state index is 0.137. The van der Waals surface area contributed by atoms with Crippen molar-refractivity contribution in [1.82, 2.24) is 0 Å². The highest BCUT2D eigenvalue weighted by atomic mass is 16.3. The van der Waals surface area contributed by atoms with Crippen molar-refractivity contribution in [2.24, 2.45) is 11.8 Å². The Labute approximate surface area is 263 Å². The highest BCUT2D eigenvalue weighted by molar-refractivity contribution is 6.07. The third-order valence-electron chi connectivity index (χ3n) is 11.1. The summed E-state index contributed by atoms with van der Waals surface area (Å²) in [6.07, 6.45) is 5.39. The predicted molar refractivity (Wildman–Crippen MR) is 186 cm³/mol. The molecule has 2 nitrogen and oxygen atoms in total. The van der Waals surface area contributed by atoms with Gasteiger partial charge in [-0.05, 0) is 101 Å². The van der Waals surface area contributed by atoms with Crippen molar-refractivity contribution in [1.29, 1.82) is 0 Å². The Morgan fingerprint density at radius 1 is 0.578 bits per heavy atom. The molecule has 3 aliphatic rings. The summed E-state index contributed by atoms with van der Waals surface area (Å²) < 4.78 is 6.26. The topological polar surface area (TPSA) is 16.4 Å². The van der Waals surface area contributed by atoms with Gasteiger partial charge in [0.05, 0.1) is 5.69 Å². The van der Waals surface area contributed by atoms with Crippen molar-refractivity contribution in [3.8, 4) is 22.3 Å². The van der Waals surface area contributed by atoms with E-state index >= 15 is 0 Å². The van der Waals surface area contributed by atoms with Crippen LogP contribution in [-0.2, 0) is 5.41 Å². The molecule has 2 saturated carbocycles. The Hall–Kier alpha value is -5.08. The molecule has 1 spiro atoms. The second-order valence-electron chi connectivity index (χ2n) is 13.3. The lowest BCUT2D eigenvalue weighted by Crippen LogP contribution is -2.31. The highest BCUT2D eigenvalue weighted by Crippen LogP contribution is 2.67. The molecule has 1 aromatic heterocycles. The molecule has 3 atom stereocenters. The van der Waals surface area contributed by atoms with E-state index in [0.29, 0.717) is 0 Å². The van der Waals surface area contributed by atoms with E-state index in [0.717, 1.165) is 45.1 Å². The number of furan rings is 1. The number of para-hydroxylation sites is 1. The number of fused-ring (bicyclic) bond motifs is 11. The largest absolute Gasteiger partial charge is 0.456 e. The molecule has 0 N–H and O–H groups in total. The van der Waals surface area contributed by atoms with Crippen molar-refractivity contribution >= 4 is 39.0 Å². The van der Waals surface area contributed by atoms with Gasteiger partial charge >= 0.3 is 0 Å². The maximum atomic E-state index is 6.26. The van der Waals surface area contributed by atoms with Crippen molar-refractivity contribution < 1.29 is 4.42 Å². The van der Waals surface area contributed by atoms with E-state index in [9.17, 15) is 0 Å². The van der Waals surface area contributed by atoms with Gasteiger partial charge in [-0.1, -0.05) is 103 Å². The summed E-state index contributed by atoms with van der Waals surface area (Å²) in [6, 6.07) is 51.2. The van der Waals surface area contributed by atoms with Gasteiger partial charge in [-0.15, -0.1) is 0 Å². The molecule has 2 bridgehead atoms. The molecule has 0 radical (unpaired) electrons. The first-order valence-corrected chi connectivity index (χ1v) is 16.4. The lowest BCUT2D eigenvalue weighted by Gasteiger charge is -2.37. The molecule has 0 saturated heterocycles. The SMILES string of the molecule is c1ccc(-c2ccc(N(c3ccc4oc5ccccc5c4c3)c3cccc4c3-c3ccccc3C43CC4CCC3C4)cc2)cc1. The van der Waals surface area contributed by atoms with Crippen LogP contribution in [-0.4, -0.2) is 0 Å². The number of nitrogens with zero attached hydrogens (tertiary/aromatic N) is 1. The summed E-state index contributed by atoms with van der Waals surface area (Å²) in [4.78, 5) is 2.48. The van der Waals surface area contributed by atoms with Crippen molar-refractivity contribution in [2.45, 2.75) is 31.1 Å². The first-order valence-electron chi connectivity index (χ1n) is 16.4. The first kappa shape index (κ1) is 25.3. The summed E-state index contributed by atoms with van der Waals surface area (Å²) in [5.41, 5.74) is 13.9. The minimum absolute atomic E-state index is 0.137. The zero-order valence-electron chi connectivity index (χ0n) is 25.1. The van der Waals surface area contributed by atoms with Crippen LogP contribution in [0.25, 0.3) is 44.2 Å². The summed E-state index contributed by atoms with van der Waals surface area (Å²) >= 11 is 0. The van der Waals surface area contributed by atoms with Gasteiger partial charge in [0.25, 0.3) is 0 Å². The highest BCUT2D eigenvalue weighted by Gasteiger charge is 2.57. The van der Waals surface area contributed by atoms with E-state index in [-0.39, 0.29) is 5.41 Å². The Morgan fingerprint density at radius 2 is 1.31 bits per heavy atom. The van der Waals surface area contributed by atoms with E-state index in [1.54, 1.807) is 5.56 Å². The van der Waals surface area contributed by atoms with Crippen LogP contribution in [0.1, 0.15) is 36.8 Å². The molecule has 2 fully saturated rings. The van der Waals surface area contributed by atoms with Gasteiger partial charge in [-0.2, -0.15) is 0 Å². The quantitative estimate of drug-likeness (QED) is 0.206. The number of anilines is 3. The number of hydrogen-bond acceptors (Lipinski definition) is 2. The molecule has 45 heavy (non-hydrogen) atoms. The average molecular weight is 580 g/mol. The van der Waals surface area contributed by atoms with E-state index in [2.05, 4.69) is 138 Å². The molecule has 3 aliphatic carbocycles. The van der Waals surface area contributed by atoms with Gasteiger partial charge in [-0.3, -0.25) is 0 Å². The van der Waals surface area contributed by atoms with Gasteiger partial charge in [0, 0.05) is 33.1 Å². The summed E-state index contributed by atoms with van der Waals surface area (Å²) in [5.74, 6) is 1.57. The second kappa shape index (κ2) is 9.46. The molecule has 6 aromatic carbocycles. The molecular weight excluding hydrogens is 546 g/mol. The van der Waals surface area contributed by atoms with Crippen LogP contribution >= 0.6 is 0 Å². The number of benzene rings is 6. The Bertz CT molecular complexity index is 2240.